The summed E-state index contributed by atoms with van der Waals surface area (Å²) in [6, 6.07) is 15.1. The standard InChI is InChI=1S/C21H21N5O2S2/c1-13-7-3-4-8-15(13)23-20-24-25-21(30-20)29-12-19(28)26-14(2)11-18(27)22-16-9-5-6-10-17(16)26/h3-10,14H,11-12H2,1-2H3,(H,22,27)(H,23,24). The molecule has 0 bridgehead atoms. The molecule has 2 aromatic carbocycles. The van der Waals surface area contributed by atoms with Crippen molar-refractivity contribution in [1.82, 2.24) is 10.2 Å². The molecule has 30 heavy (non-hydrogen) atoms. The van der Waals surface area contributed by atoms with E-state index in [-0.39, 0.29) is 30.0 Å². The molecule has 7 nitrogen and oxygen atoms in total. The van der Waals surface area contributed by atoms with Gasteiger partial charge in [0.05, 0.1) is 17.1 Å². The minimum absolute atomic E-state index is 0.0694. The van der Waals surface area contributed by atoms with Crippen molar-refractivity contribution in [3.63, 3.8) is 0 Å². The summed E-state index contributed by atoms with van der Waals surface area (Å²) in [5, 5.41) is 15.2. The lowest BCUT2D eigenvalue weighted by atomic mass is 10.2. The molecule has 0 saturated heterocycles. The van der Waals surface area contributed by atoms with Crippen molar-refractivity contribution in [2.24, 2.45) is 0 Å². The van der Waals surface area contributed by atoms with Crippen LogP contribution in [0, 0.1) is 6.92 Å². The van der Waals surface area contributed by atoms with E-state index in [4.69, 9.17) is 0 Å². The normalized spacial score (nSPS) is 15.9. The van der Waals surface area contributed by atoms with Crippen molar-refractivity contribution in [2.45, 2.75) is 30.6 Å². The summed E-state index contributed by atoms with van der Waals surface area (Å²) in [7, 11) is 0. The van der Waals surface area contributed by atoms with Crippen LogP contribution in [0.25, 0.3) is 0 Å². The highest BCUT2D eigenvalue weighted by Crippen LogP contribution is 2.33. The average Bonchev–Trinajstić information content (AvgIpc) is 3.11. The Balaban J connectivity index is 1.44. The SMILES string of the molecule is Cc1ccccc1Nc1nnc(SCC(=O)N2c3ccccc3NC(=O)CC2C)s1. The summed E-state index contributed by atoms with van der Waals surface area (Å²) in [5.74, 6) is 0.0558. The number of aryl methyl sites for hydroxylation is 1. The van der Waals surface area contributed by atoms with Crippen molar-refractivity contribution in [2.75, 3.05) is 21.3 Å². The quantitative estimate of drug-likeness (QED) is 0.571. The molecule has 4 rings (SSSR count). The molecule has 1 aromatic heterocycles. The van der Waals surface area contributed by atoms with E-state index in [0.29, 0.717) is 15.2 Å². The molecule has 2 heterocycles. The molecule has 1 unspecified atom stereocenters. The number of hydrogen-bond donors (Lipinski definition) is 2. The van der Waals surface area contributed by atoms with Crippen LogP contribution in [0.1, 0.15) is 18.9 Å². The average molecular weight is 440 g/mol. The molecule has 0 saturated carbocycles. The van der Waals surface area contributed by atoms with Crippen LogP contribution in [0.2, 0.25) is 0 Å². The smallest absolute Gasteiger partial charge is 0.237 e. The second-order valence-electron chi connectivity index (χ2n) is 6.98. The number of aromatic nitrogens is 2. The van der Waals surface area contributed by atoms with Gasteiger partial charge in [-0.1, -0.05) is 53.4 Å². The Kier molecular flexibility index (Phi) is 6.01. The Bertz CT molecular complexity index is 1080. The molecule has 0 radical (unpaired) electrons. The van der Waals surface area contributed by atoms with Crippen LogP contribution >= 0.6 is 23.1 Å². The van der Waals surface area contributed by atoms with E-state index in [1.165, 1.54) is 23.1 Å². The first-order valence-corrected chi connectivity index (χ1v) is 11.3. The third-order valence-electron chi connectivity index (χ3n) is 4.74. The molecule has 154 valence electrons. The Morgan fingerprint density at radius 2 is 2.00 bits per heavy atom. The fourth-order valence-corrected chi connectivity index (χ4v) is 4.93. The lowest BCUT2D eigenvalue weighted by Gasteiger charge is -2.27. The van der Waals surface area contributed by atoms with Crippen molar-refractivity contribution in [1.29, 1.82) is 0 Å². The molecule has 0 spiro atoms. The first kappa shape index (κ1) is 20.4. The maximum Gasteiger partial charge on any atom is 0.237 e. The third kappa shape index (κ3) is 4.47. The molecule has 1 aliphatic heterocycles. The van der Waals surface area contributed by atoms with Gasteiger partial charge in [-0.15, -0.1) is 10.2 Å². The number of para-hydroxylation sites is 3. The number of carbonyl (C=O) groups is 2. The van der Waals surface area contributed by atoms with Gasteiger partial charge < -0.3 is 15.5 Å². The number of nitrogens with zero attached hydrogens (tertiary/aromatic N) is 3. The molecule has 0 fully saturated rings. The highest BCUT2D eigenvalue weighted by atomic mass is 32.2. The van der Waals surface area contributed by atoms with Gasteiger partial charge in [-0.25, -0.2) is 0 Å². The van der Waals surface area contributed by atoms with E-state index in [2.05, 4.69) is 20.8 Å². The van der Waals surface area contributed by atoms with Gasteiger partial charge in [-0.3, -0.25) is 9.59 Å². The monoisotopic (exact) mass is 439 g/mol. The zero-order valence-electron chi connectivity index (χ0n) is 16.6. The Morgan fingerprint density at radius 3 is 2.83 bits per heavy atom. The largest absolute Gasteiger partial charge is 0.330 e. The van der Waals surface area contributed by atoms with Crippen molar-refractivity contribution in [3.05, 3.63) is 54.1 Å². The number of thioether (sulfide) groups is 1. The number of amides is 2. The minimum Gasteiger partial charge on any atom is -0.330 e. The van der Waals surface area contributed by atoms with Crippen molar-refractivity contribution in [3.8, 4) is 0 Å². The van der Waals surface area contributed by atoms with Gasteiger partial charge in [0, 0.05) is 18.2 Å². The Morgan fingerprint density at radius 1 is 1.23 bits per heavy atom. The molecule has 9 heteroatoms. The number of hydrogen-bond acceptors (Lipinski definition) is 7. The number of benzene rings is 2. The molecular weight excluding hydrogens is 418 g/mol. The predicted molar refractivity (Wildman–Crippen MR) is 122 cm³/mol. The highest BCUT2D eigenvalue weighted by Gasteiger charge is 2.29. The molecule has 2 amide bonds. The molecule has 1 aliphatic rings. The maximum atomic E-state index is 13.1. The summed E-state index contributed by atoms with van der Waals surface area (Å²) in [5.41, 5.74) is 3.48. The maximum absolute atomic E-state index is 13.1. The van der Waals surface area contributed by atoms with Gasteiger partial charge in [0.2, 0.25) is 16.9 Å². The molecular formula is C21H21N5O2S2. The van der Waals surface area contributed by atoms with Crippen molar-refractivity contribution >= 4 is 57.1 Å². The molecule has 1 atom stereocenters. The van der Waals surface area contributed by atoms with Gasteiger partial charge in [0.15, 0.2) is 4.34 Å². The van der Waals surface area contributed by atoms with Gasteiger partial charge >= 0.3 is 0 Å². The predicted octanol–water partition coefficient (Wildman–Crippen LogP) is 4.45. The fraction of sp³-hybridized carbons (Fsp3) is 0.238. The van der Waals surface area contributed by atoms with Gasteiger partial charge in [0.25, 0.3) is 0 Å². The van der Waals surface area contributed by atoms with Crippen LogP contribution in [-0.4, -0.2) is 33.8 Å². The summed E-state index contributed by atoms with van der Waals surface area (Å²) in [6.07, 6.45) is 0.258. The van der Waals surface area contributed by atoms with E-state index < -0.39 is 0 Å². The fourth-order valence-electron chi connectivity index (χ4n) is 3.31. The third-order valence-corrected chi connectivity index (χ3v) is 6.70. The van der Waals surface area contributed by atoms with Gasteiger partial charge in [0.1, 0.15) is 0 Å². The lowest BCUT2D eigenvalue weighted by molar-refractivity contribution is -0.117. The van der Waals surface area contributed by atoms with E-state index in [1.54, 1.807) is 4.90 Å². The molecule has 0 aliphatic carbocycles. The number of rotatable bonds is 5. The second kappa shape index (κ2) is 8.85. The minimum atomic E-state index is -0.227. The zero-order valence-corrected chi connectivity index (χ0v) is 18.2. The molecule has 3 aromatic rings. The summed E-state index contributed by atoms with van der Waals surface area (Å²) in [6.45, 7) is 3.91. The summed E-state index contributed by atoms with van der Waals surface area (Å²) in [4.78, 5) is 26.9. The van der Waals surface area contributed by atoms with Gasteiger partial charge in [-0.05, 0) is 37.6 Å². The Labute approximate surface area is 182 Å². The first-order chi connectivity index (χ1) is 14.5. The lowest BCUT2D eigenvalue weighted by Crippen LogP contribution is -2.40. The van der Waals surface area contributed by atoms with E-state index in [0.717, 1.165) is 16.9 Å². The van der Waals surface area contributed by atoms with Crippen LogP contribution in [-0.2, 0) is 9.59 Å². The summed E-state index contributed by atoms with van der Waals surface area (Å²) >= 11 is 2.76. The van der Waals surface area contributed by atoms with Crippen LogP contribution in [0.15, 0.2) is 52.9 Å². The number of fused-ring (bicyclic) bond motifs is 1. The number of nitrogens with one attached hydrogen (secondary N) is 2. The highest BCUT2D eigenvalue weighted by molar-refractivity contribution is 8.01. The van der Waals surface area contributed by atoms with E-state index in [1.807, 2.05) is 62.4 Å². The van der Waals surface area contributed by atoms with Crippen molar-refractivity contribution < 1.29 is 9.59 Å². The number of anilines is 4. The second-order valence-corrected chi connectivity index (χ2v) is 9.18. The van der Waals surface area contributed by atoms with Gasteiger partial charge in [-0.2, -0.15) is 0 Å². The van der Waals surface area contributed by atoms with Crippen LogP contribution in [0.4, 0.5) is 22.2 Å². The zero-order chi connectivity index (χ0) is 21.1. The summed E-state index contributed by atoms with van der Waals surface area (Å²) < 4.78 is 0.712. The van der Waals surface area contributed by atoms with Crippen LogP contribution in [0.3, 0.4) is 0 Å². The number of carbonyl (C=O) groups excluding carboxylic acids is 2. The van der Waals surface area contributed by atoms with E-state index in [9.17, 15) is 9.59 Å². The Hall–Kier alpha value is -2.91. The van der Waals surface area contributed by atoms with Crippen LogP contribution in [0.5, 0.6) is 0 Å². The van der Waals surface area contributed by atoms with E-state index >= 15 is 0 Å². The molecule has 2 N–H and O–H groups in total. The topological polar surface area (TPSA) is 87.2 Å². The van der Waals surface area contributed by atoms with Crippen LogP contribution < -0.4 is 15.5 Å². The first-order valence-electron chi connectivity index (χ1n) is 9.51.